The maximum absolute atomic E-state index is 12.3. The molecule has 0 aliphatic heterocycles. The number of rotatable bonds is 3. The third-order valence-corrected chi connectivity index (χ3v) is 4.28. The Bertz CT molecular complexity index is 661. The summed E-state index contributed by atoms with van der Waals surface area (Å²) in [5, 5.41) is 7.81. The van der Waals surface area contributed by atoms with Gasteiger partial charge in [-0.25, -0.2) is 13.4 Å². The highest BCUT2D eigenvalue weighted by molar-refractivity contribution is 7.91. The zero-order chi connectivity index (χ0) is 13.0. The van der Waals surface area contributed by atoms with E-state index in [1.807, 2.05) is 6.07 Å². The van der Waals surface area contributed by atoms with E-state index in [2.05, 4.69) is 4.98 Å². The average molecular weight is 258 g/mol. The van der Waals surface area contributed by atoms with Gasteiger partial charge in [-0.05, 0) is 17.7 Å². The predicted octanol–water partition coefficient (Wildman–Crippen LogP) is 2.12. The van der Waals surface area contributed by atoms with Crippen molar-refractivity contribution >= 4 is 9.84 Å². The molecule has 4 nitrogen and oxygen atoms in total. The van der Waals surface area contributed by atoms with Crippen LogP contribution >= 0.6 is 0 Å². The minimum atomic E-state index is -3.78. The Hall–Kier alpha value is -2.19. The zero-order valence-corrected chi connectivity index (χ0v) is 10.2. The topological polar surface area (TPSA) is 70.8 Å². The Morgan fingerprint density at radius 3 is 2.28 bits per heavy atom. The molecule has 0 fully saturated rings. The molecule has 5 heteroatoms. The van der Waals surface area contributed by atoms with Crippen LogP contribution in [0.5, 0.6) is 0 Å². The molecule has 18 heavy (non-hydrogen) atoms. The van der Waals surface area contributed by atoms with Crippen molar-refractivity contribution in [1.29, 1.82) is 5.26 Å². The summed E-state index contributed by atoms with van der Waals surface area (Å²) >= 11 is 0. The van der Waals surface area contributed by atoms with Crippen LogP contribution in [0.2, 0.25) is 0 Å². The molecule has 0 aliphatic carbocycles. The van der Waals surface area contributed by atoms with Gasteiger partial charge in [-0.3, -0.25) is 0 Å². The lowest BCUT2D eigenvalue weighted by atomic mass is 10.2. The Labute approximate surface area is 105 Å². The summed E-state index contributed by atoms with van der Waals surface area (Å²) in [5.74, 6) is 0. The molecule has 1 atom stereocenters. The normalized spacial score (nSPS) is 12.6. The Kier molecular flexibility index (Phi) is 3.40. The summed E-state index contributed by atoms with van der Waals surface area (Å²) in [7, 11) is -3.78. The van der Waals surface area contributed by atoms with Crippen LogP contribution in [-0.4, -0.2) is 13.4 Å². The van der Waals surface area contributed by atoms with E-state index in [0.29, 0.717) is 5.56 Å². The molecule has 1 heterocycles. The first-order valence-electron chi connectivity index (χ1n) is 5.26. The molecule has 0 saturated carbocycles. The number of hydrogen-bond donors (Lipinski definition) is 0. The van der Waals surface area contributed by atoms with Crippen LogP contribution in [0.25, 0.3) is 0 Å². The second-order valence-electron chi connectivity index (χ2n) is 3.63. The maximum Gasteiger partial charge on any atom is 0.216 e. The fourth-order valence-electron chi connectivity index (χ4n) is 1.59. The fourth-order valence-corrected chi connectivity index (χ4v) is 2.96. The minimum Gasteiger partial charge on any atom is -0.245 e. The summed E-state index contributed by atoms with van der Waals surface area (Å²) < 4.78 is 24.6. The molecule has 0 bridgehead atoms. The Morgan fingerprint density at radius 1 is 1.06 bits per heavy atom. The van der Waals surface area contributed by atoms with E-state index in [4.69, 9.17) is 5.26 Å². The van der Waals surface area contributed by atoms with Gasteiger partial charge in [0.2, 0.25) is 9.84 Å². The lowest BCUT2D eigenvalue weighted by molar-refractivity contribution is 0.587. The maximum atomic E-state index is 12.3. The monoisotopic (exact) mass is 258 g/mol. The molecule has 90 valence electrons. The lowest BCUT2D eigenvalue weighted by Crippen LogP contribution is -2.13. The van der Waals surface area contributed by atoms with Crippen molar-refractivity contribution in [2.24, 2.45) is 0 Å². The van der Waals surface area contributed by atoms with Gasteiger partial charge in [-0.15, -0.1) is 0 Å². The van der Waals surface area contributed by atoms with E-state index in [-0.39, 0.29) is 5.03 Å². The van der Waals surface area contributed by atoms with Crippen molar-refractivity contribution in [2.45, 2.75) is 10.3 Å². The van der Waals surface area contributed by atoms with Crippen molar-refractivity contribution < 1.29 is 8.42 Å². The SMILES string of the molecule is N#CC(c1ccccc1)S(=O)(=O)c1ccccn1. The molecule has 0 saturated heterocycles. The van der Waals surface area contributed by atoms with Crippen molar-refractivity contribution in [1.82, 2.24) is 4.98 Å². The van der Waals surface area contributed by atoms with Crippen LogP contribution in [0.15, 0.2) is 59.8 Å². The summed E-state index contributed by atoms with van der Waals surface area (Å²) in [4.78, 5) is 3.81. The number of benzene rings is 1. The van der Waals surface area contributed by atoms with Gasteiger partial charge in [0.1, 0.15) is 0 Å². The highest BCUT2D eigenvalue weighted by Crippen LogP contribution is 2.26. The van der Waals surface area contributed by atoms with Gasteiger partial charge >= 0.3 is 0 Å². The molecule has 2 rings (SSSR count). The molecule has 0 amide bonds. The molecule has 0 aliphatic rings. The van der Waals surface area contributed by atoms with E-state index in [1.54, 1.807) is 42.5 Å². The smallest absolute Gasteiger partial charge is 0.216 e. The van der Waals surface area contributed by atoms with Gasteiger partial charge in [0, 0.05) is 6.20 Å². The first-order chi connectivity index (χ1) is 8.66. The van der Waals surface area contributed by atoms with E-state index in [1.165, 1.54) is 12.3 Å². The highest BCUT2D eigenvalue weighted by Gasteiger charge is 2.29. The molecule has 1 aromatic heterocycles. The fraction of sp³-hybridized carbons (Fsp3) is 0.0769. The molecule has 2 aromatic rings. The number of pyridine rings is 1. The van der Waals surface area contributed by atoms with Crippen LogP contribution in [0.1, 0.15) is 10.8 Å². The predicted molar refractivity (Wildman–Crippen MR) is 66.2 cm³/mol. The number of aromatic nitrogens is 1. The minimum absolute atomic E-state index is 0.0830. The van der Waals surface area contributed by atoms with Crippen molar-refractivity contribution in [3.8, 4) is 6.07 Å². The number of nitrogens with zero attached hydrogens (tertiary/aromatic N) is 2. The molecular formula is C13H10N2O2S. The zero-order valence-electron chi connectivity index (χ0n) is 9.39. The Morgan fingerprint density at radius 2 is 1.72 bits per heavy atom. The van der Waals surface area contributed by atoms with Crippen LogP contribution in [0.3, 0.4) is 0 Å². The van der Waals surface area contributed by atoms with Crippen molar-refractivity contribution in [3.05, 3.63) is 60.3 Å². The van der Waals surface area contributed by atoms with E-state index >= 15 is 0 Å². The molecule has 0 radical (unpaired) electrons. The molecule has 1 aromatic carbocycles. The molecule has 1 unspecified atom stereocenters. The molecular weight excluding hydrogens is 248 g/mol. The lowest BCUT2D eigenvalue weighted by Gasteiger charge is -2.09. The van der Waals surface area contributed by atoms with Crippen molar-refractivity contribution in [2.75, 3.05) is 0 Å². The van der Waals surface area contributed by atoms with Gasteiger partial charge in [0.05, 0.1) is 6.07 Å². The van der Waals surface area contributed by atoms with Gasteiger partial charge in [-0.2, -0.15) is 5.26 Å². The first-order valence-corrected chi connectivity index (χ1v) is 6.80. The molecule has 0 N–H and O–H groups in total. The van der Waals surface area contributed by atoms with Gasteiger partial charge < -0.3 is 0 Å². The third-order valence-electron chi connectivity index (χ3n) is 2.46. The quantitative estimate of drug-likeness (QED) is 0.845. The first kappa shape index (κ1) is 12.3. The summed E-state index contributed by atoms with van der Waals surface area (Å²) in [5.41, 5.74) is 0.450. The molecule has 0 spiro atoms. The average Bonchev–Trinajstić information content (AvgIpc) is 2.41. The van der Waals surface area contributed by atoms with E-state index in [0.717, 1.165) is 0 Å². The number of hydrogen-bond acceptors (Lipinski definition) is 4. The van der Waals surface area contributed by atoms with Gasteiger partial charge in [-0.1, -0.05) is 36.4 Å². The van der Waals surface area contributed by atoms with E-state index < -0.39 is 15.1 Å². The van der Waals surface area contributed by atoms with Crippen molar-refractivity contribution in [3.63, 3.8) is 0 Å². The van der Waals surface area contributed by atoms with Crippen LogP contribution in [0, 0.1) is 11.3 Å². The summed E-state index contributed by atoms with van der Waals surface area (Å²) in [6.07, 6.45) is 1.40. The summed E-state index contributed by atoms with van der Waals surface area (Å²) in [6, 6.07) is 14.8. The Balaban J connectivity index is 2.50. The second-order valence-corrected chi connectivity index (χ2v) is 5.61. The summed E-state index contributed by atoms with van der Waals surface area (Å²) in [6.45, 7) is 0. The van der Waals surface area contributed by atoms with Gasteiger partial charge in [0.15, 0.2) is 10.3 Å². The standard InChI is InChI=1S/C13H10N2O2S/c14-10-12(11-6-2-1-3-7-11)18(16,17)13-8-4-5-9-15-13/h1-9,12H. The largest absolute Gasteiger partial charge is 0.245 e. The van der Waals surface area contributed by atoms with Gasteiger partial charge in [0.25, 0.3) is 0 Å². The number of nitriles is 1. The van der Waals surface area contributed by atoms with Crippen LogP contribution in [-0.2, 0) is 9.84 Å². The van der Waals surface area contributed by atoms with E-state index in [9.17, 15) is 8.42 Å². The van der Waals surface area contributed by atoms with Crippen LogP contribution in [0.4, 0.5) is 0 Å². The third kappa shape index (κ3) is 2.24. The number of sulfone groups is 1. The van der Waals surface area contributed by atoms with Crippen LogP contribution < -0.4 is 0 Å². The second kappa shape index (κ2) is 4.98. The highest BCUT2D eigenvalue weighted by atomic mass is 32.2.